The van der Waals surface area contributed by atoms with Crippen LogP contribution in [0.3, 0.4) is 0 Å². The van der Waals surface area contributed by atoms with Crippen molar-refractivity contribution in [1.29, 1.82) is 0 Å². The number of carbonyl (C=O) groups excluding carboxylic acids is 1. The Bertz CT molecular complexity index is 616. The van der Waals surface area contributed by atoms with Gasteiger partial charge in [-0.2, -0.15) is 0 Å². The molecule has 1 aliphatic rings. The standard InChI is InChI=1S/C19H29BrO5Si/c1-12-15(24-17(21)13-10-8-7-9-11-13)16(14(20)18(22)23-12)25-26(5,6)19(2,3)4/h7-12,14-16,18,22H,1-6H3/t12-,14-,15-,16-,18-/m1/s1. The second-order valence-electron chi connectivity index (χ2n) is 8.25. The van der Waals surface area contributed by atoms with Gasteiger partial charge in [0, 0.05) is 0 Å². The van der Waals surface area contributed by atoms with Crippen molar-refractivity contribution in [2.75, 3.05) is 0 Å². The smallest absolute Gasteiger partial charge is 0.338 e. The molecule has 5 atom stereocenters. The van der Waals surface area contributed by atoms with Gasteiger partial charge in [-0.05, 0) is 37.2 Å². The largest absolute Gasteiger partial charge is 0.453 e. The predicted octanol–water partition coefficient (Wildman–Crippen LogP) is 4.10. The number of rotatable bonds is 4. The topological polar surface area (TPSA) is 65.0 Å². The normalized spacial score (nSPS) is 30.1. The van der Waals surface area contributed by atoms with E-state index in [4.69, 9.17) is 13.9 Å². The number of benzene rings is 1. The number of halogens is 1. The molecule has 5 nitrogen and oxygen atoms in total. The lowest BCUT2D eigenvalue weighted by molar-refractivity contribution is -0.218. The molecule has 7 heteroatoms. The number of ether oxygens (including phenoxy) is 2. The molecule has 2 rings (SSSR count). The summed E-state index contributed by atoms with van der Waals surface area (Å²) in [6.07, 6.45) is -2.63. The quantitative estimate of drug-likeness (QED) is 0.430. The number of aliphatic hydroxyl groups excluding tert-OH is 1. The van der Waals surface area contributed by atoms with Crippen molar-refractivity contribution in [3.05, 3.63) is 35.9 Å². The molecule has 1 fully saturated rings. The van der Waals surface area contributed by atoms with Crippen LogP contribution < -0.4 is 0 Å². The SMILES string of the molecule is C[C@H]1O[C@@H](O)[C@H](Br)[C@@H](O[Si](C)(C)C(C)(C)C)[C@@H]1OC(=O)c1ccccc1. The zero-order chi connectivity index (χ0) is 19.7. The number of esters is 1. The van der Waals surface area contributed by atoms with Gasteiger partial charge in [-0.15, -0.1) is 0 Å². The molecule has 1 heterocycles. The lowest BCUT2D eigenvalue weighted by Crippen LogP contribution is -2.60. The van der Waals surface area contributed by atoms with Gasteiger partial charge in [-0.3, -0.25) is 0 Å². The van der Waals surface area contributed by atoms with Crippen LogP contribution >= 0.6 is 15.9 Å². The maximum Gasteiger partial charge on any atom is 0.338 e. The molecule has 0 saturated carbocycles. The number of hydrogen-bond acceptors (Lipinski definition) is 5. The van der Waals surface area contributed by atoms with Crippen LogP contribution in [0.2, 0.25) is 18.1 Å². The van der Waals surface area contributed by atoms with Crippen molar-refractivity contribution in [1.82, 2.24) is 0 Å². The first-order valence-corrected chi connectivity index (χ1v) is 12.7. The van der Waals surface area contributed by atoms with Crippen LogP contribution in [0.5, 0.6) is 0 Å². The summed E-state index contributed by atoms with van der Waals surface area (Å²) in [5.41, 5.74) is 0.475. The van der Waals surface area contributed by atoms with Crippen LogP contribution in [0, 0.1) is 0 Å². The Balaban J connectivity index is 2.26. The van der Waals surface area contributed by atoms with E-state index in [9.17, 15) is 9.90 Å². The fourth-order valence-electron chi connectivity index (χ4n) is 2.56. The van der Waals surface area contributed by atoms with E-state index < -0.39 is 43.7 Å². The highest BCUT2D eigenvalue weighted by Gasteiger charge is 2.50. The minimum absolute atomic E-state index is 0.0137. The van der Waals surface area contributed by atoms with E-state index in [2.05, 4.69) is 49.8 Å². The summed E-state index contributed by atoms with van der Waals surface area (Å²) in [4.78, 5) is 12.1. The minimum Gasteiger partial charge on any atom is -0.453 e. The van der Waals surface area contributed by atoms with Crippen molar-refractivity contribution in [3.8, 4) is 0 Å². The van der Waals surface area contributed by atoms with Gasteiger partial charge in [0.2, 0.25) is 0 Å². The average molecular weight is 445 g/mol. The molecule has 146 valence electrons. The molecule has 0 unspecified atom stereocenters. The van der Waals surface area contributed by atoms with E-state index in [1.54, 1.807) is 31.2 Å². The fraction of sp³-hybridized carbons (Fsp3) is 0.632. The highest BCUT2D eigenvalue weighted by atomic mass is 79.9. The highest BCUT2D eigenvalue weighted by molar-refractivity contribution is 9.09. The number of aliphatic hydroxyl groups is 1. The molecule has 0 radical (unpaired) electrons. The average Bonchev–Trinajstić information content (AvgIpc) is 2.55. The Labute approximate surface area is 165 Å². The first kappa shape index (κ1) is 21.6. The van der Waals surface area contributed by atoms with Crippen molar-refractivity contribution >= 4 is 30.2 Å². The van der Waals surface area contributed by atoms with Gasteiger partial charge in [0.1, 0.15) is 6.10 Å². The van der Waals surface area contributed by atoms with E-state index in [0.29, 0.717) is 5.56 Å². The van der Waals surface area contributed by atoms with Crippen LogP contribution in [-0.4, -0.2) is 48.8 Å². The molecule has 0 amide bonds. The Morgan fingerprint density at radius 1 is 1.19 bits per heavy atom. The van der Waals surface area contributed by atoms with Gasteiger partial charge in [-0.1, -0.05) is 54.9 Å². The molecule has 1 aromatic rings. The van der Waals surface area contributed by atoms with Crippen molar-refractivity contribution in [2.45, 2.75) is 75.3 Å². The molecule has 1 N–H and O–H groups in total. The Hall–Kier alpha value is -0.733. The van der Waals surface area contributed by atoms with E-state index >= 15 is 0 Å². The Kier molecular flexibility index (Phi) is 6.72. The van der Waals surface area contributed by atoms with E-state index in [1.807, 2.05) is 6.07 Å². The van der Waals surface area contributed by atoms with Crippen molar-refractivity contribution < 1.29 is 23.8 Å². The summed E-state index contributed by atoms with van der Waals surface area (Å²) in [5.74, 6) is -0.425. The maximum absolute atomic E-state index is 12.6. The monoisotopic (exact) mass is 444 g/mol. The molecule has 0 aromatic heterocycles. The molecule has 1 aromatic carbocycles. The van der Waals surface area contributed by atoms with Crippen LogP contribution in [0.1, 0.15) is 38.1 Å². The number of carbonyl (C=O) groups is 1. The zero-order valence-corrected chi connectivity index (χ0v) is 18.8. The first-order chi connectivity index (χ1) is 11.9. The third kappa shape index (κ3) is 4.75. The van der Waals surface area contributed by atoms with Gasteiger partial charge in [0.25, 0.3) is 0 Å². The van der Waals surface area contributed by atoms with E-state index in [1.165, 1.54) is 0 Å². The summed E-state index contributed by atoms with van der Waals surface area (Å²) in [6, 6.07) is 8.84. The van der Waals surface area contributed by atoms with Gasteiger partial charge in [-0.25, -0.2) is 4.79 Å². The van der Waals surface area contributed by atoms with Crippen LogP contribution in [-0.2, 0) is 13.9 Å². The lowest BCUT2D eigenvalue weighted by Gasteiger charge is -2.47. The molecule has 26 heavy (non-hydrogen) atoms. The summed E-state index contributed by atoms with van der Waals surface area (Å²) in [6.45, 7) is 12.5. The highest BCUT2D eigenvalue weighted by Crippen LogP contribution is 2.40. The van der Waals surface area contributed by atoms with E-state index in [-0.39, 0.29) is 5.04 Å². The second kappa shape index (κ2) is 8.10. The Morgan fingerprint density at radius 3 is 2.31 bits per heavy atom. The summed E-state index contributed by atoms with van der Waals surface area (Å²) in [5, 5.41) is 10.2. The summed E-state index contributed by atoms with van der Waals surface area (Å²) in [7, 11) is -2.15. The zero-order valence-electron chi connectivity index (χ0n) is 16.2. The Morgan fingerprint density at radius 2 is 1.77 bits per heavy atom. The molecule has 0 spiro atoms. The number of alkyl halides is 1. The first-order valence-electron chi connectivity index (χ1n) is 8.85. The van der Waals surface area contributed by atoms with Gasteiger partial charge in [0.05, 0.1) is 16.5 Å². The molecular weight excluding hydrogens is 416 g/mol. The number of hydrogen-bond donors (Lipinski definition) is 1. The van der Waals surface area contributed by atoms with Crippen molar-refractivity contribution in [2.24, 2.45) is 0 Å². The molecule has 1 aliphatic heterocycles. The molecule has 1 saturated heterocycles. The van der Waals surface area contributed by atoms with Gasteiger partial charge < -0.3 is 19.0 Å². The van der Waals surface area contributed by atoms with Crippen LogP contribution in [0.15, 0.2) is 30.3 Å². The second-order valence-corrected chi connectivity index (χ2v) is 14.1. The van der Waals surface area contributed by atoms with Gasteiger partial charge in [0.15, 0.2) is 20.7 Å². The molecule has 0 bridgehead atoms. The van der Waals surface area contributed by atoms with E-state index in [0.717, 1.165) is 0 Å². The summed E-state index contributed by atoms with van der Waals surface area (Å²) < 4.78 is 17.8. The fourth-order valence-corrected chi connectivity index (χ4v) is 4.61. The minimum atomic E-state index is -2.15. The molecular formula is C19H29BrO5Si. The van der Waals surface area contributed by atoms with Crippen LogP contribution in [0.4, 0.5) is 0 Å². The molecule has 0 aliphatic carbocycles. The summed E-state index contributed by atoms with van der Waals surface area (Å²) >= 11 is 3.48. The van der Waals surface area contributed by atoms with Gasteiger partial charge >= 0.3 is 5.97 Å². The lowest BCUT2D eigenvalue weighted by atomic mass is 10.0. The maximum atomic E-state index is 12.6. The third-order valence-electron chi connectivity index (χ3n) is 5.22. The third-order valence-corrected chi connectivity index (χ3v) is 10.7. The predicted molar refractivity (Wildman–Crippen MR) is 107 cm³/mol. The van der Waals surface area contributed by atoms with Crippen LogP contribution in [0.25, 0.3) is 0 Å². The van der Waals surface area contributed by atoms with Crippen molar-refractivity contribution in [3.63, 3.8) is 0 Å².